The van der Waals surface area contributed by atoms with Crippen LogP contribution >= 0.6 is 0 Å². The average Bonchev–Trinajstić information content (AvgIpc) is 2.67. The van der Waals surface area contributed by atoms with Crippen LogP contribution in [0.5, 0.6) is 11.5 Å². The van der Waals surface area contributed by atoms with E-state index in [9.17, 15) is 4.79 Å². The quantitative estimate of drug-likeness (QED) is 0.783. The largest absolute Gasteiger partial charge is 0.493 e. The van der Waals surface area contributed by atoms with E-state index in [4.69, 9.17) is 14.2 Å². The molecule has 1 heterocycles. The van der Waals surface area contributed by atoms with Crippen molar-refractivity contribution < 1.29 is 19.0 Å². The topological polar surface area (TPSA) is 48.0 Å². The van der Waals surface area contributed by atoms with E-state index < -0.39 is 0 Å². The van der Waals surface area contributed by atoms with Gasteiger partial charge in [0, 0.05) is 6.54 Å². The molecule has 0 aromatic heterocycles. The van der Waals surface area contributed by atoms with Crippen molar-refractivity contribution in [1.29, 1.82) is 0 Å². The molecule has 132 valence electrons. The molecule has 0 N–H and O–H groups in total. The van der Waals surface area contributed by atoms with E-state index in [2.05, 4.69) is 17.0 Å². The van der Waals surface area contributed by atoms with E-state index in [0.29, 0.717) is 5.75 Å². The third kappa shape index (κ3) is 3.46. The molecule has 1 atom stereocenters. The third-order valence-corrected chi connectivity index (χ3v) is 4.65. The maximum Gasteiger partial charge on any atom is 0.319 e. The molecule has 0 bridgehead atoms. The minimum Gasteiger partial charge on any atom is -0.493 e. The lowest BCUT2D eigenvalue weighted by atomic mass is 9.87. The molecule has 2 aromatic rings. The van der Waals surface area contributed by atoms with Crippen molar-refractivity contribution in [3.05, 3.63) is 59.2 Å². The number of fused-ring (bicyclic) bond motifs is 1. The van der Waals surface area contributed by atoms with Gasteiger partial charge in [0.15, 0.2) is 11.5 Å². The van der Waals surface area contributed by atoms with Crippen LogP contribution in [0.1, 0.15) is 22.7 Å². The summed E-state index contributed by atoms with van der Waals surface area (Å²) in [5.41, 5.74) is 3.49. The first-order valence-electron chi connectivity index (χ1n) is 8.28. The SMILES string of the molecule is COC(=O)CN1CCc2cc(OC)c(OC)cc2C1c1ccccc1. The molecule has 0 fully saturated rings. The fourth-order valence-electron chi connectivity index (χ4n) is 3.42. The van der Waals surface area contributed by atoms with Crippen LogP contribution in [-0.4, -0.2) is 45.3 Å². The lowest BCUT2D eigenvalue weighted by Gasteiger charge is -2.37. The zero-order chi connectivity index (χ0) is 17.8. The number of benzene rings is 2. The second kappa shape index (κ2) is 7.57. The molecule has 2 aromatic carbocycles. The first-order valence-corrected chi connectivity index (χ1v) is 8.28. The first-order chi connectivity index (χ1) is 12.2. The van der Waals surface area contributed by atoms with E-state index >= 15 is 0 Å². The smallest absolute Gasteiger partial charge is 0.319 e. The molecule has 0 saturated carbocycles. The molecule has 1 unspecified atom stereocenters. The third-order valence-electron chi connectivity index (χ3n) is 4.65. The van der Waals surface area contributed by atoms with Crippen molar-refractivity contribution in [1.82, 2.24) is 4.90 Å². The van der Waals surface area contributed by atoms with Crippen molar-refractivity contribution in [3.8, 4) is 11.5 Å². The standard InChI is InChI=1S/C20H23NO4/c1-23-17-11-15-9-10-21(13-19(22)25-3)20(14-7-5-4-6-8-14)16(15)12-18(17)24-2/h4-8,11-12,20H,9-10,13H2,1-3H3. The van der Waals surface area contributed by atoms with Crippen molar-refractivity contribution in [2.75, 3.05) is 34.4 Å². The van der Waals surface area contributed by atoms with Gasteiger partial charge in [0.25, 0.3) is 0 Å². The second-order valence-electron chi connectivity index (χ2n) is 6.02. The molecule has 0 radical (unpaired) electrons. The summed E-state index contributed by atoms with van der Waals surface area (Å²) in [4.78, 5) is 14.0. The van der Waals surface area contributed by atoms with Crippen LogP contribution in [0, 0.1) is 0 Å². The number of methoxy groups -OCH3 is 3. The van der Waals surface area contributed by atoms with E-state index in [1.54, 1.807) is 14.2 Å². The number of carbonyl (C=O) groups is 1. The molecule has 0 aliphatic carbocycles. The zero-order valence-electron chi connectivity index (χ0n) is 14.8. The van der Waals surface area contributed by atoms with Crippen LogP contribution in [0.25, 0.3) is 0 Å². The summed E-state index contributed by atoms with van der Waals surface area (Å²) >= 11 is 0. The Labute approximate surface area is 148 Å². The summed E-state index contributed by atoms with van der Waals surface area (Å²) < 4.78 is 15.8. The van der Waals surface area contributed by atoms with Gasteiger partial charge < -0.3 is 14.2 Å². The Balaban J connectivity index is 2.09. The minimum absolute atomic E-state index is 0.0242. The van der Waals surface area contributed by atoms with Gasteiger partial charge in [0.05, 0.1) is 33.9 Å². The summed E-state index contributed by atoms with van der Waals surface area (Å²) in [6.07, 6.45) is 0.843. The van der Waals surface area contributed by atoms with E-state index in [-0.39, 0.29) is 18.6 Å². The highest BCUT2D eigenvalue weighted by Gasteiger charge is 2.31. The van der Waals surface area contributed by atoms with Gasteiger partial charge in [-0.3, -0.25) is 9.69 Å². The van der Waals surface area contributed by atoms with Crippen LogP contribution < -0.4 is 9.47 Å². The van der Waals surface area contributed by atoms with Crippen LogP contribution in [-0.2, 0) is 16.0 Å². The van der Waals surface area contributed by atoms with Crippen LogP contribution in [0.2, 0.25) is 0 Å². The number of ether oxygens (including phenoxy) is 3. The van der Waals surface area contributed by atoms with Gasteiger partial charge in [0.1, 0.15) is 0 Å². The van der Waals surface area contributed by atoms with Crippen molar-refractivity contribution in [2.24, 2.45) is 0 Å². The summed E-state index contributed by atoms with van der Waals surface area (Å²) in [5, 5.41) is 0. The summed E-state index contributed by atoms with van der Waals surface area (Å²) in [5.74, 6) is 1.20. The monoisotopic (exact) mass is 341 g/mol. The molecule has 1 aliphatic rings. The molecule has 5 nitrogen and oxygen atoms in total. The predicted octanol–water partition coefficient (Wildman–Crippen LogP) is 2.82. The second-order valence-corrected chi connectivity index (χ2v) is 6.02. The number of hydrogen-bond donors (Lipinski definition) is 0. The van der Waals surface area contributed by atoms with Crippen molar-refractivity contribution in [3.63, 3.8) is 0 Å². The van der Waals surface area contributed by atoms with E-state index in [1.807, 2.05) is 30.3 Å². The molecule has 25 heavy (non-hydrogen) atoms. The highest BCUT2D eigenvalue weighted by atomic mass is 16.5. The molecule has 0 amide bonds. The van der Waals surface area contributed by atoms with Gasteiger partial charge in [-0.05, 0) is 35.2 Å². The summed E-state index contributed by atoms with van der Waals surface area (Å²) in [7, 11) is 4.70. The fourth-order valence-corrected chi connectivity index (χ4v) is 3.42. The zero-order valence-corrected chi connectivity index (χ0v) is 14.8. The van der Waals surface area contributed by atoms with Crippen molar-refractivity contribution >= 4 is 5.97 Å². The molecule has 0 spiro atoms. The molecule has 0 saturated heterocycles. The van der Waals surface area contributed by atoms with E-state index in [0.717, 1.165) is 29.8 Å². The molecule has 3 rings (SSSR count). The first kappa shape index (κ1) is 17.3. The Morgan fingerprint density at radius 1 is 1.08 bits per heavy atom. The summed E-state index contributed by atoms with van der Waals surface area (Å²) in [6, 6.07) is 14.2. The maximum atomic E-state index is 11.9. The predicted molar refractivity (Wildman–Crippen MR) is 95.1 cm³/mol. The fraction of sp³-hybridized carbons (Fsp3) is 0.350. The van der Waals surface area contributed by atoms with Gasteiger partial charge in [-0.25, -0.2) is 0 Å². The highest BCUT2D eigenvalue weighted by Crippen LogP contribution is 2.40. The maximum absolute atomic E-state index is 11.9. The van der Waals surface area contributed by atoms with Crippen LogP contribution in [0.15, 0.2) is 42.5 Å². The molecule has 5 heteroatoms. The minimum atomic E-state index is -0.232. The Morgan fingerprint density at radius 3 is 2.40 bits per heavy atom. The van der Waals surface area contributed by atoms with Gasteiger partial charge in [-0.2, -0.15) is 0 Å². The van der Waals surface area contributed by atoms with Gasteiger partial charge >= 0.3 is 5.97 Å². The van der Waals surface area contributed by atoms with Crippen LogP contribution in [0.4, 0.5) is 0 Å². The number of carbonyl (C=O) groups excluding carboxylic acids is 1. The molecular weight excluding hydrogens is 318 g/mol. The van der Waals surface area contributed by atoms with Gasteiger partial charge in [-0.1, -0.05) is 30.3 Å². The highest BCUT2D eigenvalue weighted by molar-refractivity contribution is 5.71. The molecule has 1 aliphatic heterocycles. The number of nitrogens with zero attached hydrogens (tertiary/aromatic N) is 1. The summed E-state index contributed by atoms with van der Waals surface area (Å²) in [6.45, 7) is 1.03. The lowest BCUT2D eigenvalue weighted by molar-refractivity contribution is -0.142. The Hall–Kier alpha value is -2.53. The lowest BCUT2D eigenvalue weighted by Crippen LogP contribution is -2.39. The number of rotatable bonds is 5. The Bertz CT molecular complexity index is 745. The normalized spacial score (nSPS) is 16.8. The Kier molecular flexibility index (Phi) is 5.24. The average molecular weight is 341 g/mol. The Morgan fingerprint density at radius 2 is 1.76 bits per heavy atom. The number of hydrogen-bond acceptors (Lipinski definition) is 5. The number of esters is 1. The molecular formula is C20H23NO4. The van der Waals surface area contributed by atoms with Crippen molar-refractivity contribution in [2.45, 2.75) is 12.5 Å². The van der Waals surface area contributed by atoms with E-state index in [1.165, 1.54) is 12.7 Å². The van der Waals surface area contributed by atoms with Gasteiger partial charge in [-0.15, -0.1) is 0 Å². The van der Waals surface area contributed by atoms with Gasteiger partial charge in [0.2, 0.25) is 0 Å². The van der Waals surface area contributed by atoms with Crippen LogP contribution in [0.3, 0.4) is 0 Å².